The summed E-state index contributed by atoms with van der Waals surface area (Å²) < 4.78 is 16.8. The van der Waals surface area contributed by atoms with E-state index in [4.69, 9.17) is 14.2 Å². The van der Waals surface area contributed by atoms with Gasteiger partial charge in [0.1, 0.15) is 13.2 Å². The highest BCUT2D eigenvalue weighted by atomic mass is 16.6. The van der Waals surface area contributed by atoms with Crippen LogP contribution in [-0.2, 0) is 28.6 Å². The fourth-order valence-corrected chi connectivity index (χ4v) is 7.97. The van der Waals surface area contributed by atoms with Crippen molar-refractivity contribution >= 4 is 17.9 Å². The van der Waals surface area contributed by atoms with Gasteiger partial charge in [-0.05, 0) is 89.9 Å². The predicted octanol–water partition coefficient (Wildman–Crippen LogP) is 19.0. The van der Waals surface area contributed by atoms with Crippen LogP contribution >= 0.6 is 0 Å². The standard InChI is InChI=1S/C61H106O6/c1-4-7-10-13-16-19-22-25-27-29-31-33-36-39-42-45-48-51-54-60(63)66-57-58(56-65-59(62)53-50-47-44-41-38-35-24-21-18-15-12-9-6-3)67-61(64)55-52-49-46-43-40-37-34-32-30-28-26-23-20-17-14-11-8-5-2/h9,12,15,18,21,24,31-35,38,58H,4-8,10-11,13-14,16-17,19-20,22-23,25-30,36-37,39-57H2,1-3H3/b12-9+,18-15+,24-21+,33-31+,34-32+,38-35+. The number of rotatable bonds is 51. The summed E-state index contributed by atoms with van der Waals surface area (Å²) >= 11 is 0. The van der Waals surface area contributed by atoms with Crippen molar-refractivity contribution in [1.29, 1.82) is 0 Å². The second-order valence-corrected chi connectivity index (χ2v) is 18.9. The van der Waals surface area contributed by atoms with Crippen LogP contribution in [0.25, 0.3) is 0 Å². The van der Waals surface area contributed by atoms with Crippen LogP contribution in [0.2, 0.25) is 0 Å². The molecule has 0 saturated carbocycles. The molecule has 6 heteroatoms. The number of esters is 3. The first-order valence-corrected chi connectivity index (χ1v) is 28.5. The fraction of sp³-hybridized carbons (Fsp3) is 0.754. The van der Waals surface area contributed by atoms with Crippen molar-refractivity contribution in [3.05, 3.63) is 72.9 Å². The van der Waals surface area contributed by atoms with Gasteiger partial charge in [-0.15, -0.1) is 0 Å². The molecule has 0 aliphatic rings. The van der Waals surface area contributed by atoms with Crippen LogP contribution in [0.3, 0.4) is 0 Å². The van der Waals surface area contributed by atoms with Gasteiger partial charge in [0, 0.05) is 19.3 Å². The predicted molar refractivity (Wildman–Crippen MR) is 288 cm³/mol. The topological polar surface area (TPSA) is 78.9 Å². The quantitative estimate of drug-likeness (QED) is 0.0199. The monoisotopic (exact) mass is 935 g/mol. The summed E-state index contributed by atoms with van der Waals surface area (Å²) in [5.41, 5.74) is 0. The van der Waals surface area contributed by atoms with E-state index in [1.807, 2.05) is 30.4 Å². The molecule has 0 aliphatic heterocycles. The lowest BCUT2D eigenvalue weighted by Gasteiger charge is -2.18. The molecular weight excluding hydrogens is 829 g/mol. The van der Waals surface area contributed by atoms with Gasteiger partial charge in [-0.2, -0.15) is 0 Å². The van der Waals surface area contributed by atoms with Gasteiger partial charge in [0.2, 0.25) is 0 Å². The molecule has 0 radical (unpaired) electrons. The molecule has 1 unspecified atom stereocenters. The molecule has 0 aromatic heterocycles. The summed E-state index contributed by atoms with van der Waals surface area (Å²) in [4.78, 5) is 38.1. The average molecular weight is 936 g/mol. The lowest BCUT2D eigenvalue weighted by atomic mass is 10.1. The summed E-state index contributed by atoms with van der Waals surface area (Å²) in [5, 5.41) is 0. The van der Waals surface area contributed by atoms with E-state index in [0.29, 0.717) is 19.3 Å². The Bertz CT molecular complexity index is 1260. The van der Waals surface area contributed by atoms with Crippen LogP contribution in [0.4, 0.5) is 0 Å². The Morgan fingerprint density at radius 3 is 0.970 bits per heavy atom. The number of allylic oxidation sites excluding steroid dienone is 12. The molecular formula is C61H106O6. The first kappa shape index (κ1) is 63.8. The van der Waals surface area contributed by atoms with Gasteiger partial charge >= 0.3 is 17.9 Å². The smallest absolute Gasteiger partial charge is 0.306 e. The molecule has 0 aliphatic carbocycles. The molecule has 0 rings (SSSR count). The molecule has 0 bridgehead atoms. The highest BCUT2D eigenvalue weighted by Gasteiger charge is 2.19. The molecule has 386 valence electrons. The second-order valence-electron chi connectivity index (χ2n) is 18.9. The lowest BCUT2D eigenvalue weighted by molar-refractivity contribution is -0.167. The number of ether oxygens (including phenoxy) is 3. The Morgan fingerprint density at radius 1 is 0.313 bits per heavy atom. The summed E-state index contributed by atoms with van der Waals surface area (Å²) in [7, 11) is 0. The van der Waals surface area contributed by atoms with E-state index in [2.05, 4.69) is 63.3 Å². The Hall–Kier alpha value is -3.15. The summed E-state index contributed by atoms with van der Waals surface area (Å²) in [6.07, 6.45) is 70.4. The number of hydrogen-bond donors (Lipinski definition) is 0. The van der Waals surface area contributed by atoms with Crippen molar-refractivity contribution in [3.8, 4) is 0 Å². The van der Waals surface area contributed by atoms with Gasteiger partial charge in [-0.1, -0.05) is 241 Å². The molecule has 6 nitrogen and oxygen atoms in total. The summed E-state index contributed by atoms with van der Waals surface area (Å²) in [6, 6.07) is 0. The minimum atomic E-state index is -0.799. The SMILES string of the molecule is CC/C=C/C=C/C=C/C=C/CCCCCC(=O)OCC(COC(=O)CCCCCCC/C=C/CCCCCCCCCCC)OC(=O)CCCCCCC/C=C/CCCCCCCCCCC. The number of carbonyl (C=O) groups is 3. The van der Waals surface area contributed by atoms with E-state index in [1.54, 1.807) is 0 Å². The average Bonchev–Trinajstić information content (AvgIpc) is 3.33. The third-order valence-electron chi connectivity index (χ3n) is 12.3. The Labute approximate surface area is 414 Å². The minimum absolute atomic E-state index is 0.0953. The molecule has 0 aromatic carbocycles. The first-order chi connectivity index (χ1) is 33.0. The maximum atomic E-state index is 12.8. The minimum Gasteiger partial charge on any atom is -0.462 e. The van der Waals surface area contributed by atoms with Crippen molar-refractivity contribution < 1.29 is 28.6 Å². The first-order valence-electron chi connectivity index (χ1n) is 28.5. The molecule has 67 heavy (non-hydrogen) atoms. The highest BCUT2D eigenvalue weighted by molar-refractivity contribution is 5.71. The van der Waals surface area contributed by atoms with Gasteiger partial charge in [0.05, 0.1) is 0 Å². The van der Waals surface area contributed by atoms with E-state index in [1.165, 1.54) is 148 Å². The number of carbonyl (C=O) groups excluding carboxylic acids is 3. The van der Waals surface area contributed by atoms with Crippen LogP contribution in [0.5, 0.6) is 0 Å². The maximum Gasteiger partial charge on any atom is 0.306 e. The lowest BCUT2D eigenvalue weighted by Crippen LogP contribution is -2.30. The van der Waals surface area contributed by atoms with Crippen molar-refractivity contribution in [2.45, 2.75) is 284 Å². The molecule has 1 atom stereocenters. The van der Waals surface area contributed by atoms with Crippen LogP contribution in [-0.4, -0.2) is 37.2 Å². The second kappa shape index (κ2) is 55.4. The van der Waals surface area contributed by atoms with Gasteiger partial charge in [0.25, 0.3) is 0 Å². The van der Waals surface area contributed by atoms with Crippen molar-refractivity contribution in [2.24, 2.45) is 0 Å². The Morgan fingerprint density at radius 2 is 0.597 bits per heavy atom. The zero-order chi connectivity index (χ0) is 48.6. The largest absolute Gasteiger partial charge is 0.462 e. The zero-order valence-corrected chi connectivity index (χ0v) is 44.2. The van der Waals surface area contributed by atoms with Crippen LogP contribution in [0, 0.1) is 0 Å². The molecule has 0 spiro atoms. The van der Waals surface area contributed by atoms with E-state index in [0.717, 1.165) is 89.9 Å². The fourth-order valence-electron chi connectivity index (χ4n) is 7.97. The van der Waals surface area contributed by atoms with Crippen LogP contribution in [0.15, 0.2) is 72.9 Å². The third-order valence-corrected chi connectivity index (χ3v) is 12.3. The summed E-state index contributed by atoms with van der Waals surface area (Å²) in [5.74, 6) is -0.945. The van der Waals surface area contributed by atoms with Gasteiger partial charge in [-0.25, -0.2) is 0 Å². The van der Waals surface area contributed by atoms with E-state index < -0.39 is 6.10 Å². The third kappa shape index (κ3) is 53.7. The molecule has 0 saturated heterocycles. The van der Waals surface area contributed by atoms with E-state index in [-0.39, 0.29) is 31.1 Å². The maximum absolute atomic E-state index is 12.8. The van der Waals surface area contributed by atoms with Crippen LogP contribution < -0.4 is 0 Å². The number of hydrogen-bond acceptors (Lipinski definition) is 6. The molecule has 0 amide bonds. The van der Waals surface area contributed by atoms with E-state index in [9.17, 15) is 14.4 Å². The molecule has 0 aromatic rings. The van der Waals surface area contributed by atoms with Crippen molar-refractivity contribution in [1.82, 2.24) is 0 Å². The molecule has 0 heterocycles. The highest BCUT2D eigenvalue weighted by Crippen LogP contribution is 2.15. The van der Waals surface area contributed by atoms with Gasteiger partial charge < -0.3 is 14.2 Å². The molecule has 0 N–H and O–H groups in total. The van der Waals surface area contributed by atoms with Crippen LogP contribution in [0.1, 0.15) is 278 Å². The van der Waals surface area contributed by atoms with E-state index >= 15 is 0 Å². The zero-order valence-electron chi connectivity index (χ0n) is 44.2. The Kier molecular flexibility index (Phi) is 52.8. The van der Waals surface area contributed by atoms with Gasteiger partial charge in [-0.3, -0.25) is 14.4 Å². The van der Waals surface area contributed by atoms with Gasteiger partial charge in [0.15, 0.2) is 6.10 Å². The summed E-state index contributed by atoms with van der Waals surface area (Å²) in [6.45, 7) is 6.47. The molecule has 0 fully saturated rings. The Balaban J connectivity index is 4.42. The number of unbranched alkanes of at least 4 members (excludes halogenated alkanes) is 31. The van der Waals surface area contributed by atoms with Crippen molar-refractivity contribution in [3.63, 3.8) is 0 Å². The normalized spacial score (nSPS) is 12.6. The van der Waals surface area contributed by atoms with Crippen molar-refractivity contribution in [2.75, 3.05) is 13.2 Å².